The lowest BCUT2D eigenvalue weighted by Gasteiger charge is -2.38. The van der Waals surface area contributed by atoms with Crippen molar-refractivity contribution in [1.82, 2.24) is 9.80 Å². The number of carbonyl (C=O) groups excluding carboxylic acids is 1. The molecule has 0 spiro atoms. The van der Waals surface area contributed by atoms with E-state index in [2.05, 4.69) is 34.7 Å². The van der Waals surface area contributed by atoms with Crippen molar-refractivity contribution in [2.75, 3.05) is 51.2 Å². The van der Waals surface area contributed by atoms with Crippen LogP contribution in [0.2, 0.25) is 5.02 Å². The van der Waals surface area contributed by atoms with Gasteiger partial charge in [0.2, 0.25) is 5.91 Å². The van der Waals surface area contributed by atoms with Gasteiger partial charge in [-0.1, -0.05) is 17.7 Å². The SMILES string of the molecule is Cc1ccc(Cl)cc1N1CCN(C(=O)CC2CCN(C)CC2)CC1. The number of piperazine rings is 1. The van der Waals surface area contributed by atoms with Crippen LogP contribution >= 0.6 is 11.6 Å². The first kappa shape index (κ1) is 17.6. The number of rotatable bonds is 3. The van der Waals surface area contributed by atoms with Gasteiger partial charge in [-0.15, -0.1) is 0 Å². The number of likely N-dealkylation sites (tertiary alicyclic amines) is 1. The second kappa shape index (κ2) is 7.75. The minimum atomic E-state index is 0.340. The number of piperidine rings is 1. The molecule has 0 aliphatic carbocycles. The van der Waals surface area contributed by atoms with Gasteiger partial charge in [-0.3, -0.25) is 4.79 Å². The van der Waals surface area contributed by atoms with Crippen molar-refractivity contribution in [2.45, 2.75) is 26.2 Å². The number of carbonyl (C=O) groups is 1. The van der Waals surface area contributed by atoms with Gasteiger partial charge in [0, 0.05) is 43.3 Å². The zero-order chi connectivity index (χ0) is 17.1. The van der Waals surface area contributed by atoms with Gasteiger partial charge in [0.1, 0.15) is 0 Å². The van der Waals surface area contributed by atoms with Crippen LogP contribution in [0.3, 0.4) is 0 Å². The van der Waals surface area contributed by atoms with Crippen LogP contribution < -0.4 is 4.90 Å². The van der Waals surface area contributed by atoms with E-state index in [1.54, 1.807) is 0 Å². The maximum atomic E-state index is 12.6. The zero-order valence-corrected chi connectivity index (χ0v) is 15.6. The molecule has 2 fully saturated rings. The monoisotopic (exact) mass is 349 g/mol. The molecule has 3 rings (SSSR count). The molecular formula is C19H28ClN3O. The lowest BCUT2D eigenvalue weighted by Crippen LogP contribution is -2.49. The second-order valence-electron chi connectivity index (χ2n) is 7.25. The average molecular weight is 350 g/mol. The summed E-state index contributed by atoms with van der Waals surface area (Å²) in [4.78, 5) is 19.3. The van der Waals surface area contributed by atoms with E-state index in [-0.39, 0.29) is 0 Å². The Labute approximate surface area is 150 Å². The third-order valence-electron chi connectivity index (χ3n) is 5.45. The number of anilines is 1. The summed E-state index contributed by atoms with van der Waals surface area (Å²) < 4.78 is 0. The summed E-state index contributed by atoms with van der Waals surface area (Å²) >= 11 is 6.14. The largest absolute Gasteiger partial charge is 0.368 e. The van der Waals surface area contributed by atoms with Gasteiger partial charge in [-0.2, -0.15) is 0 Å². The molecule has 0 atom stereocenters. The molecule has 1 aromatic rings. The molecule has 0 unspecified atom stereocenters. The van der Waals surface area contributed by atoms with Crippen LogP contribution in [0.15, 0.2) is 18.2 Å². The molecule has 2 saturated heterocycles. The molecular weight excluding hydrogens is 322 g/mol. The van der Waals surface area contributed by atoms with Gasteiger partial charge < -0.3 is 14.7 Å². The van der Waals surface area contributed by atoms with Crippen molar-refractivity contribution >= 4 is 23.2 Å². The summed E-state index contributed by atoms with van der Waals surface area (Å²) in [5.41, 5.74) is 2.44. The van der Waals surface area contributed by atoms with Gasteiger partial charge >= 0.3 is 0 Å². The lowest BCUT2D eigenvalue weighted by atomic mass is 9.93. The number of aryl methyl sites for hydroxylation is 1. The number of amides is 1. The van der Waals surface area contributed by atoms with Gasteiger partial charge in [0.05, 0.1) is 0 Å². The Morgan fingerprint density at radius 1 is 1.12 bits per heavy atom. The van der Waals surface area contributed by atoms with Crippen molar-refractivity contribution in [1.29, 1.82) is 0 Å². The molecule has 1 amide bonds. The number of hydrogen-bond acceptors (Lipinski definition) is 3. The smallest absolute Gasteiger partial charge is 0.222 e. The Kier molecular flexibility index (Phi) is 5.67. The molecule has 2 heterocycles. The Balaban J connectivity index is 1.51. The molecule has 0 radical (unpaired) electrons. The highest BCUT2D eigenvalue weighted by Crippen LogP contribution is 2.26. The van der Waals surface area contributed by atoms with Crippen LogP contribution in [-0.4, -0.2) is 62.0 Å². The summed E-state index contributed by atoms with van der Waals surface area (Å²) in [6.45, 7) is 7.78. The van der Waals surface area contributed by atoms with Gasteiger partial charge in [-0.05, 0) is 63.5 Å². The van der Waals surface area contributed by atoms with E-state index in [9.17, 15) is 4.79 Å². The molecule has 4 nitrogen and oxygen atoms in total. The maximum Gasteiger partial charge on any atom is 0.222 e. The van der Waals surface area contributed by atoms with Crippen LogP contribution in [0, 0.1) is 12.8 Å². The van der Waals surface area contributed by atoms with Crippen LogP contribution in [0.1, 0.15) is 24.8 Å². The summed E-state index contributed by atoms with van der Waals surface area (Å²) in [6, 6.07) is 6.03. The molecule has 0 N–H and O–H groups in total. The van der Waals surface area contributed by atoms with Crippen molar-refractivity contribution in [2.24, 2.45) is 5.92 Å². The standard InChI is InChI=1S/C19H28ClN3O/c1-15-3-4-17(20)14-18(15)22-9-11-23(12-10-22)19(24)13-16-5-7-21(2)8-6-16/h3-4,14,16H,5-13H2,1-2H3. The first-order chi connectivity index (χ1) is 11.5. The van der Waals surface area contributed by atoms with E-state index >= 15 is 0 Å². The van der Waals surface area contributed by atoms with Gasteiger partial charge in [0.25, 0.3) is 0 Å². The third-order valence-corrected chi connectivity index (χ3v) is 5.68. The summed E-state index contributed by atoms with van der Waals surface area (Å²) in [7, 11) is 2.16. The highest BCUT2D eigenvalue weighted by molar-refractivity contribution is 6.30. The average Bonchev–Trinajstić information content (AvgIpc) is 2.59. The zero-order valence-electron chi connectivity index (χ0n) is 14.8. The van der Waals surface area contributed by atoms with Gasteiger partial charge in [-0.25, -0.2) is 0 Å². The van der Waals surface area contributed by atoms with E-state index in [0.717, 1.165) is 63.6 Å². The minimum Gasteiger partial charge on any atom is -0.368 e. The quantitative estimate of drug-likeness (QED) is 0.839. The third kappa shape index (κ3) is 4.22. The van der Waals surface area contributed by atoms with E-state index < -0.39 is 0 Å². The summed E-state index contributed by atoms with van der Waals surface area (Å²) in [5, 5.41) is 0.774. The van der Waals surface area contributed by atoms with E-state index in [0.29, 0.717) is 11.8 Å². The van der Waals surface area contributed by atoms with E-state index in [4.69, 9.17) is 11.6 Å². The first-order valence-electron chi connectivity index (χ1n) is 9.00. The number of nitrogens with zero attached hydrogens (tertiary/aromatic N) is 3. The Hall–Kier alpha value is -1.26. The highest BCUT2D eigenvalue weighted by atomic mass is 35.5. The van der Waals surface area contributed by atoms with E-state index in [1.165, 1.54) is 11.3 Å². The predicted octanol–water partition coefficient (Wildman–Crippen LogP) is 3.03. The van der Waals surface area contributed by atoms with Crippen LogP contribution in [0.5, 0.6) is 0 Å². The van der Waals surface area contributed by atoms with E-state index in [1.807, 2.05) is 12.1 Å². The fourth-order valence-electron chi connectivity index (χ4n) is 3.76. The normalized spacial score (nSPS) is 20.5. The number of benzene rings is 1. The fourth-order valence-corrected chi connectivity index (χ4v) is 3.93. The van der Waals surface area contributed by atoms with Crippen LogP contribution in [0.4, 0.5) is 5.69 Å². The maximum absolute atomic E-state index is 12.6. The molecule has 0 aromatic heterocycles. The second-order valence-corrected chi connectivity index (χ2v) is 7.69. The molecule has 0 bridgehead atoms. The predicted molar refractivity (Wildman–Crippen MR) is 99.8 cm³/mol. The van der Waals surface area contributed by atoms with Gasteiger partial charge in [0.15, 0.2) is 0 Å². The van der Waals surface area contributed by atoms with Crippen molar-refractivity contribution in [3.05, 3.63) is 28.8 Å². The Morgan fingerprint density at radius 3 is 2.46 bits per heavy atom. The summed E-state index contributed by atoms with van der Waals surface area (Å²) in [5.74, 6) is 0.911. The molecule has 1 aromatic carbocycles. The Morgan fingerprint density at radius 2 is 1.79 bits per heavy atom. The lowest BCUT2D eigenvalue weighted by molar-refractivity contribution is -0.132. The number of hydrogen-bond donors (Lipinski definition) is 0. The molecule has 0 saturated carbocycles. The number of halogens is 1. The highest BCUT2D eigenvalue weighted by Gasteiger charge is 2.25. The van der Waals surface area contributed by atoms with Crippen molar-refractivity contribution in [3.63, 3.8) is 0 Å². The molecule has 24 heavy (non-hydrogen) atoms. The fraction of sp³-hybridized carbons (Fsp3) is 0.632. The van der Waals surface area contributed by atoms with Crippen LogP contribution in [-0.2, 0) is 4.79 Å². The van der Waals surface area contributed by atoms with Crippen LogP contribution in [0.25, 0.3) is 0 Å². The first-order valence-corrected chi connectivity index (χ1v) is 9.38. The molecule has 5 heteroatoms. The topological polar surface area (TPSA) is 26.8 Å². The minimum absolute atomic E-state index is 0.340. The van der Waals surface area contributed by atoms with Crippen molar-refractivity contribution < 1.29 is 4.79 Å². The molecule has 2 aliphatic rings. The molecule has 2 aliphatic heterocycles. The Bertz CT molecular complexity index is 576. The molecule has 132 valence electrons. The van der Waals surface area contributed by atoms with Crippen molar-refractivity contribution in [3.8, 4) is 0 Å². The summed E-state index contributed by atoms with van der Waals surface area (Å²) in [6.07, 6.45) is 3.04.